The van der Waals surface area contributed by atoms with Crippen LogP contribution in [0.5, 0.6) is 0 Å². The van der Waals surface area contributed by atoms with E-state index in [2.05, 4.69) is 43.3 Å². The average Bonchev–Trinajstić information content (AvgIpc) is 2.83. The topological polar surface area (TPSA) is 0 Å². The monoisotopic (exact) mass is 450 g/mol. The van der Waals surface area contributed by atoms with Gasteiger partial charge in [-0.2, -0.15) is 0 Å². The molecule has 2 aliphatic carbocycles. The number of halogens is 2. The molecule has 0 heterocycles. The van der Waals surface area contributed by atoms with Crippen LogP contribution in [0.2, 0.25) is 0 Å². The normalized spacial score (nSPS) is 25.5. The molecule has 0 nitrogen and oxygen atoms in total. The molecule has 0 amide bonds. The summed E-state index contributed by atoms with van der Waals surface area (Å²) in [5.74, 6) is 1.33. The van der Waals surface area contributed by atoms with Gasteiger partial charge < -0.3 is 0 Å². The highest BCUT2D eigenvalue weighted by molar-refractivity contribution is 6.25. The predicted molar refractivity (Wildman–Crippen MR) is 136 cm³/mol. The summed E-state index contributed by atoms with van der Waals surface area (Å²) in [7, 11) is 0. The second-order valence-electron chi connectivity index (χ2n) is 9.81. The van der Waals surface area contributed by atoms with Gasteiger partial charge in [0, 0.05) is 5.56 Å². The number of hydrogen-bond acceptors (Lipinski definition) is 0. The summed E-state index contributed by atoms with van der Waals surface area (Å²) in [5, 5.41) is 0. The van der Waals surface area contributed by atoms with Crippen LogP contribution in [-0.2, 0) is 6.42 Å². The fraction of sp³-hybridized carbons (Fsp3) is 0.467. The summed E-state index contributed by atoms with van der Waals surface area (Å²) < 4.78 is 14.1. The van der Waals surface area contributed by atoms with Gasteiger partial charge in [-0.3, -0.25) is 0 Å². The molecule has 4 rings (SSSR count). The van der Waals surface area contributed by atoms with E-state index >= 15 is 0 Å². The van der Waals surface area contributed by atoms with Crippen molar-refractivity contribution in [1.82, 2.24) is 0 Å². The maximum atomic E-state index is 14.1. The first-order valence-electron chi connectivity index (χ1n) is 12.5. The van der Waals surface area contributed by atoms with Crippen molar-refractivity contribution in [3.63, 3.8) is 0 Å². The van der Waals surface area contributed by atoms with E-state index in [4.69, 9.17) is 11.6 Å². The van der Waals surface area contributed by atoms with Gasteiger partial charge in [-0.05, 0) is 92.4 Å². The van der Waals surface area contributed by atoms with Crippen molar-refractivity contribution in [3.8, 4) is 0 Å². The van der Waals surface area contributed by atoms with E-state index in [1.807, 2.05) is 18.2 Å². The van der Waals surface area contributed by atoms with Crippen molar-refractivity contribution < 1.29 is 4.39 Å². The Bertz CT molecular complexity index is 934. The summed E-state index contributed by atoms with van der Waals surface area (Å²) in [4.78, 5) is -0.320. The molecule has 2 aromatic carbocycles. The van der Waals surface area contributed by atoms with Crippen molar-refractivity contribution in [3.05, 3.63) is 89.3 Å². The molecule has 1 fully saturated rings. The van der Waals surface area contributed by atoms with Gasteiger partial charge in [-0.15, -0.1) is 11.6 Å². The van der Waals surface area contributed by atoms with Gasteiger partial charge in [0.1, 0.15) is 5.82 Å². The highest BCUT2D eigenvalue weighted by Gasteiger charge is 2.29. The Hall–Kier alpha value is -1.86. The lowest BCUT2D eigenvalue weighted by Gasteiger charge is -2.32. The lowest BCUT2D eigenvalue weighted by Crippen LogP contribution is -2.22. The molecule has 1 unspecified atom stereocenters. The van der Waals surface area contributed by atoms with Gasteiger partial charge in [0.15, 0.2) is 0 Å². The maximum Gasteiger partial charge on any atom is 0.131 e. The summed E-state index contributed by atoms with van der Waals surface area (Å²) in [5.41, 5.74) is 4.61. The van der Waals surface area contributed by atoms with Gasteiger partial charge in [0.2, 0.25) is 0 Å². The first kappa shape index (κ1) is 23.3. The zero-order chi connectivity index (χ0) is 22.4. The summed E-state index contributed by atoms with van der Waals surface area (Å²) in [6, 6.07) is 16.4. The molecule has 0 aromatic heterocycles. The van der Waals surface area contributed by atoms with Crippen molar-refractivity contribution in [1.29, 1.82) is 0 Å². The largest absolute Gasteiger partial charge is 0.206 e. The minimum Gasteiger partial charge on any atom is -0.206 e. The standard InChI is InChI=1S/C30H36ClF/c1-2-3-6-23-9-13-25(14-10-23)26-15-11-24(12-16-26)17-20-30(31)21-18-27(19-22-30)28-7-4-5-8-29(28)32/h4-5,7-10,13-14,18-19,21,24,26H,2-3,6,11-12,15-17,20,22H2,1H3/t24-,26-,30?. The molecule has 1 atom stereocenters. The third-order valence-corrected chi connectivity index (χ3v) is 7.96. The number of hydrogen-bond donors (Lipinski definition) is 0. The van der Waals surface area contributed by atoms with E-state index in [0.29, 0.717) is 5.56 Å². The van der Waals surface area contributed by atoms with Gasteiger partial charge in [0.25, 0.3) is 0 Å². The first-order chi connectivity index (χ1) is 15.6. The second-order valence-corrected chi connectivity index (χ2v) is 10.6. The molecule has 2 heteroatoms. The second kappa shape index (κ2) is 10.8. The van der Waals surface area contributed by atoms with Gasteiger partial charge in [0.05, 0.1) is 4.87 Å². The van der Waals surface area contributed by atoms with Crippen LogP contribution in [0.25, 0.3) is 5.57 Å². The fourth-order valence-electron chi connectivity index (χ4n) is 5.30. The number of rotatable bonds is 8. The third kappa shape index (κ3) is 5.93. The molecule has 1 saturated carbocycles. The smallest absolute Gasteiger partial charge is 0.131 e. The van der Waals surface area contributed by atoms with Crippen LogP contribution in [0.3, 0.4) is 0 Å². The lowest BCUT2D eigenvalue weighted by molar-refractivity contribution is 0.298. The summed E-state index contributed by atoms with van der Waals surface area (Å²) in [6.07, 6.45) is 18.1. The van der Waals surface area contributed by atoms with E-state index in [9.17, 15) is 4.39 Å². The molecule has 2 aromatic rings. The number of aryl methyl sites for hydroxylation is 1. The Balaban J connectivity index is 1.24. The zero-order valence-electron chi connectivity index (χ0n) is 19.3. The van der Waals surface area contributed by atoms with Gasteiger partial charge >= 0.3 is 0 Å². The molecular formula is C30H36ClF. The molecule has 0 spiro atoms. The Morgan fingerprint density at radius 2 is 1.75 bits per heavy atom. The van der Waals surface area contributed by atoms with Gasteiger partial charge in [-0.25, -0.2) is 4.39 Å². The Kier molecular flexibility index (Phi) is 7.89. The Labute approximate surface area is 198 Å². The van der Waals surface area contributed by atoms with Crippen LogP contribution in [0.15, 0.2) is 66.8 Å². The molecule has 0 aliphatic heterocycles. The number of allylic oxidation sites excluding steroid dienone is 4. The highest BCUT2D eigenvalue weighted by Crippen LogP contribution is 2.41. The van der Waals surface area contributed by atoms with E-state index in [0.717, 1.165) is 30.3 Å². The molecule has 32 heavy (non-hydrogen) atoms. The van der Waals surface area contributed by atoms with Crippen molar-refractivity contribution >= 4 is 17.2 Å². The SMILES string of the molecule is CCCCc1ccc([C@H]2CC[C@H](CCC3(Cl)C=CC(c4ccccc4F)=CC3)CC2)cc1. The van der Waals surface area contributed by atoms with Gasteiger partial charge in [-0.1, -0.05) is 74.0 Å². The quantitative estimate of drug-likeness (QED) is 0.351. The van der Waals surface area contributed by atoms with E-state index in [1.165, 1.54) is 68.6 Å². The van der Waals surface area contributed by atoms with Crippen LogP contribution in [0.4, 0.5) is 4.39 Å². The predicted octanol–water partition coefficient (Wildman–Crippen LogP) is 9.24. The Morgan fingerprint density at radius 1 is 1.00 bits per heavy atom. The van der Waals surface area contributed by atoms with E-state index in [1.54, 1.807) is 6.07 Å². The number of alkyl halides is 1. The van der Waals surface area contributed by atoms with Crippen molar-refractivity contribution in [2.75, 3.05) is 0 Å². The van der Waals surface area contributed by atoms with Crippen LogP contribution in [0, 0.1) is 11.7 Å². The molecule has 0 bridgehead atoms. The third-order valence-electron chi connectivity index (χ3n) is 7.49. The van der Waals surface area contributed by atoms with Crippen LogP contribution in [0.1, 0.15) is 87.3 Å². The number of benzene rings is 2. The molecule has 170 valence electrons. The minimum absolute atomic E-state index is 0.169. The van der Waals surface area contributed by atoms with Crippen molar-refractivity contribution in [2.45, 2.75) is 81.9 Å². The highest BCUT2D eigenvalue weighted by atomic mass is 35.5. The first-order valence-corrected chi connectivity index (χ1v) is 12.9. The maximum absolute atomic E-state index is 14.1. The molecule has 0 saturated heterocycles. The van der Waals surface area contributed by atoms with Crippen LogP contribution in [-0.4, -0.2) is 4.87 Å². The fourth-order valence-corrected chi connectivity index (χ4v) is 5.55. The number of unbranched alkanes of at least 4 members (excludes halogenated alkanes) is 1. The zero-order valence-corrected chi connectivity index (χ0v) is 20.1. The molecule has 2 aliphatic rings. The summed E-state index contributed by atoms with van der Waals surface area (Å²) >= 11 is 6.94. The molecule has 0 N–H and O–H groups in total. The van der Waals surface area contributed by atoms with E-state index in [-0.39, 0.29) is 10.7 Å². The molecule has 0 radical (unpaired) electrons. The lowest BCUT2D eigenvalue weighted by atomic mass is 9.76. The summed E-state index contributed by atoms with van der Waals surface area (Å²) in [6.45, 7) is 2.25. The Morgan fingerprint density at radius 3 is 2.41 bits per heavy atom. The molecular weight excluding hydrogens is 415 g/mol. The van der Waals surface area contributed by atoms with Crippen molar-refractivity contribution in [2.24, 2.45) is 5.92 Å². The van der Waals surface area contributed by atoms with Crippen LogP contribution < -0.4 is 0 Å². The van der Waals surface area contributed by atoms with Crippen LogP contribution >= 0.6 is 11.6 Å². The average molecular weight is 451 g/mol. The van der Waals surface area contributed by atoms with E-state index < -0.39 is 0 Å². The minimum atomic E-state index is -0.320.